The Morgan fingerprint density at radius 1 is 1.58 bits per heavy atom. The van der Waals surface area contributed by atoms with Gasteiger partial charge in [-0.3, -0.25) is 5.32 Å². The van der Waals surface area contributed by atoms with E-state index in [9.17, 15) is 4.79 Å². The van der Waals surface area contributed by atoms with E-state index >= 15 is 0 Å². The number of hydrogen-bond acceptors (Lipinski definition) is 2. The fraction of sp³-hybridized carbons (Fsp3) is 0.222. The monoisotopic (exact) mass is 225 g/mol. The molecule has 62 valence electrons. The van der Waals surface area contributed by atoms with E-state index in [0.29, 0.717) is 0 Å². The lowest BCUT2D eigenvalue weighted by Gasteiger charge is -2.01. The van der Waals surface area contributed by atoms with Crippen LogP contribution in [-0.4, -0.2) is 6.29 Å². The first-order valence-corrected chi connectivity index (χ1v) is 4.57. The fourth-order valence-electron chi connectivity index (χ4n) is 1.48. The van der Waals surface area contributed by atoms with E-state index in [1.807, 2.05) is 18.2 Å². The Balaban J connectivity index is 2.47. The average Bonchev–Trinajstić information content (AvgIpc) is 2.46. The molecule has 1 aromatic rings. The maximum atomic E-state index is 10.6. The molecule has 1 unspecified atom stereocenters. The van der Waals surface area contributed by atoms with Gasteiger partial charge in [-0.05, 0) is 23.3 Å². The molecular weight excluding hydrogens is 218 g/mol. The highest BCUT2D eigenvalue weighted by Crippen LogP contribution is 2.26. The van der Waals surface area contributed by atoms with E-state index in [1.165, 1.54) is 5.56 Å². The molecule has 0 aliphatic carbocycles. The highest BCUT2D eigenvalue weighted by molar-refractivity contribution is 9.10. The Morgan fingerprint density at radius 2 is 2.42 bits per heavy atom. The lowest BCUT2D eigenvalue weighted by Crippen LogP contribution is -2.12. The number of benzene rings is 1. The molecule has 0 bridgehead atoms. The topological polar surface area (TPSA) is 29.1 Å². The molecule has 1 heterocycles. The lowest BCUT2D eigenvalue weighted by molar-refractivity contribution is -0.109. The molecule has 1 N–H and O–H groups in total. The van der Waals surface area contributed by atoms with Crippen molar-refractivity contribution in [3.8, 4) is 0 Å². The molecule has 1 aromatic carbocycles. The zero-order valence-electron chi connectivity index (χ0n) is 6.38. The van der Waals surface area contributed by atoms with E-state index in [0.717, 1.165) is 22.9 Å². The van der Waals surface area contributed by atoms with Crippen LogP contribution in [0.3, 0.4) is 0 Å². The molecule has 0 saturated heterocycles. The molecule has 12 heavy (non-hydrogen) atoms. The molecule has 1 aliphatic heterocycles. The van der Waals surface area contributed by atoms with Gasteiger partial charge in [0, 0.05) is 11.0 Å². The van der Waals surface area contributed by atoms with E-state index in [-0.39, 0.29) is 6.04 Å². The Labute approximate surface area is 79.1 Å². The van der Waals surface area contributed by atoms with Crippen molar-refractivity contribution in [2.45, 2.75) is 12.6 Å². The van der Waals surface area contributed by atoms with Crippen LogP contribution in [-0.2, 0) is 11.3 Å². The molecule has 1 atom stereocenters. The van der Waals surface area contributed by atoms with Crippen molar-refractivity contribution in [1.29, 1.82) is 0 Å². The summed E-state index contributed by atoms with van der Waals surface area (Å²) in [5.41, 5.74) is 2.31. The summed E-state index contributed by atoms with van der Waals surface area (Å²) in [6.07, 6.45) is 0.944. The van der Waals surface area contributed by atoms with Crippen LogP contribution in [0, 0.1) is 0 Å². The van der Waals surface area contributed by atoms with Crippen molar-refractivity contribution >= 4 is 22.2 Å². The number of hydrogen-bond donors (Lipinski definition) is 1. The van der Waals surface area contributed by atoms with Crippen LogP contribution in [0.15, 0.2) is 22.7 Å². The molecule has 0 fully saturated rings. The number of carbonyl (C=O) groups is 1. The second-order valence-corrected chi connectivity index (χ2v) is 3.75. The highest BCUT2D eigenvalue weighted by atomic mass is 79.9. The van der Waals surface area contributed by atoms with Gasteiger partial charge in [-0.15, -0.1) is 0 Å². The van der Waals surface area contributed by atoms with Gasteiger partial charge in [0.2, 0.25) is 0 Å². The van der Waals surface area contributed by atoms with Crippen molar-refractivity contribution < 1.29 is 4.79 Å². The van der Waals surface area contributed by atoms with Crippen LogP contribution in [0.25, 0.3) is 0 Å². The van der Waals surface area contributed by atoms with Gasteiger partial charge in [-0.2, -0.15) is 0 Å². The van der Waals surface area contributed by atoms with Crippen LogP contribution >= 0.6 is 15.9 Å². The summed E-state index contributed by atoms with van der Waals surface area (Å²) in [7, 11) is 0. The van der Waals surface area contributed by atoms with Gasteiger partial charge in [-0.25, -0.2) is 0 Å². The SMILES string of the molecule is O=CC1NCc2cc(Br)ccc21. The number of carbonyl (C=O) groups excluding carboxylic acids is 1. The normalized spacial score (nSPS) is 20.6. The third-order valence-electron chi connectivity index (χ3n) is 2.09. The second kappa shape index (κ2) is 2.99. The standard InChI is InChI=1S/C9H8BrNO/c10-7-1-2-8-6(3-7)4-11-9(8)5-12/h1-3,5,9,11H,4H2. The quantitative estimate of drug-likeness (QED) is 0.739. The third-order valence-corrected chi connectivity index (χ3v) is 2.58. The molecule has 0 amide bonds. The minimum absolute atomic E-state index is 0.104. The Bertz CT molecular complexity index is 324. The Morgan fingerprint density at radius 3 is 3.17 bits per heavy atom. The third kappa shape index (κ3) is 1.19. The summed E-state index contributed by atoms with van der Waals surface area (Å²) in [5.74, 6) is 0. The van der Waals surface area contributed by atoms with Gasteiger partial charge in [0.05, 0.1) is 6.04 Å². The molecule has 1 aliphatic rings. The largest absolute Gasteiger partial charge is 0.301 e. The van der Waals surface area contributed by atoms with Gasteiger partial charge in [0.1, 0.15) is 6.29 Å². The lowest BCUT2D eigenvalue weighted by atomic mass is 10.1. The van der Waals surface area contributed by atoms with Crippen LogP contribution in [0.1, 0.15) is 17.2 Å². The predicted octanol–water partition coefficient (Wildman–Crippen LogP) is 1.79. The molecule has 0 radical (unpaired) electrons. The zero-order valence-corrected chi connectivity index (χ0v) is 7.97. The molecule has 2 nitrogen and oxygen atoms in total. The Hall–Kier alpha value is -0.670. The van der Waals surface area contributed by atoms with Crippen molar-refractivity contribution in [2.24, 2.45) is 0 Å². The molecule has 2 rings (SSSR count). The minimum atomic E-state index is -0.104. The van der Waals surface area contributed by atoms with Crippen molar-refractivity contribution in [3.63, 3.8) is 0 Å². The molecular formula is C9H8BrNO. The first-order valence-electron chi connectivity index (χ1n) is 3.78. The van der Waals surface area contributed by atoms with Gasteiger partial charge < -0.3 is 4.79 Å². The number of aldehydes is 1. The summed E-state index contributed by atoms with van der Waals surface area (Å²) >= 11 is 3.39. The van der Waals surface area contributed by atoms with Crippen LogP contribution in [0.4, 0.5) is 0 Å². The molecule has 3 heteroatoms. The van der Waals surface area contributed by atoms with Crippen molar-refractivity contribution in [1.82, 2.24) is 5.32 Å². The summed E-state index contributed by atoms with van der Waals surface area (Å²) in [4.78, 5) is 10.6. The second-order valence-electron chi connectivity index (χ2n) is 2.84. The van der Waals surface area contributed by atoms with Crippen molar-refractivity contribution in [2.75, 3.05) is 0 Å². The first-order chi connectivity index (χ1) is 5.81. The molecule has 0 spiro atoms. The van der Waals surface area contributed by atoms with Gasteiger partial charge >= 0.3 is 0 Å². The summed E-state index contributed by atoms with van der Waals surface area (Å²) in [5, 5.41) is 3.11. The minimum Gasteiger partial charge on any atom is -0.301 e. The number of nitrogens with one attached hydrogen (secondary N) is 1. The number of halogens is 1. The fourth-order valence-corrected chi connectivity index (χ4v) is 1.89. The Kier molecular flexibility index (Phi) is 1.98. The van der Waals surface area contributed by atoms with Gasteiger partial charge in [-0.1, -0.05) is 22.0 Å². The van der Waals surface area contributed by atoms with E-state index in [1.54, 1.807) is 0 Å². The number of fused-ring (bicyclic) bond motifs is 1. The van der Waals surface area contributed by atoms with Crippen molar-refractivity contribution in [3.05, 3.63) is 33.8 Å². The maximum absolute atomic E-state index is 10.6. The van der Waals surface area contributed by atoms with E-state index < -0.39 is 0 Å². The summed E-state index contributed by atoms with van der Waals surface area (Å²) in [6.45, 7) is 0.790. The highest BCUT2D eigenvalue weighted by Gasteiger charge is 2.20. The van der Waals surface area contributed by atoms with E-state index in [2.05, 4.69) is 21.2 Å². The average molecular weight is 226 g/mol. The number of rotatable bonds is 1. The predicted molar refractivity (Wildman–Crippen MR) is 49.8 cm³/mol. The molecule has 0 aromatic heterocycles. The van der Waals surface area contributed by atoms with Crippen LogP contribution in [0.5, 0.6) is 0 Å². The van der Waals surface area contributed by atoms with Crippen LogP contribution in [0.2, 0.25) is 0 Å². The first kappa shape index (κ1) is 7.95. The zero-order chi connectivity index (χ0) is 8.55. The summed E-state index contributed by atoms with van der Waals surface area (Å²) in [6, 6.07) is 5.89. The van der Waals surface area contributed by atoms with E-state index in [4.69, 9.17) is 0 Å². The van der Waals surface area contributed by atoms with Gasteiger partial charge in [0.25, 0.3) is 0 Å². The smallest absolute Gasteiger partial charge is 0.141 e. The van der Waals surface area contributed by atoms with Crippen LogP contribution < -0.4 is 5.32 Å². The molecule has 0 saturated carbocycles. The van der Waals surface area contributed by atoms with Gasteiger partial charge in [0.15, 0.2) is 0 Å². The summed E-state index contributed by atoms with van der Waals surface area (Å²) < 4.78 is 1.06. The maximum Gasteiger partial charge on any atom is 0.141 e.